The summed E-state index contributed by atoms with van der Waals surface area (Å²) in [6, 6.07) is -0.539. The summed E-state index contributed by atoms with van der Waals surface area (Å²) in [5, 5.41) is 18.8. The van der Waals surface area contributed by atoms with Gasteiger partial charge in [0.05, 0.1) is 18.2 Å². The molecule has 1 heterocycles. The fourth-order valence-electron chi connectivity index (χ4n) is 1.37. The van der Waals surface area contributed by atoms with Crippen LogP contribution in [-0.2, 0) is 4.74 Å². The molecule has 5 atom stereocenters. The number of aliphatic hydroxyl groups is 2. The average molecular weight is 176 g/mol. The van der Waals surface area contributed by atoms with Gasteiger partial charge in [-0.15, -0.1) is 0 Å². The van der Waals surface area contributed by atoms with Gasteiger partial charge in [0, 0.05) is 6.54 Å². The van der Waals surface area contributed by atoms with E-state index >= 15 is 0 Å². The molecule has 1 aliphatic rings. The van der Waals surface area contributed by atoms with E-state index in [-0.39, 0.29) is 12.6 Å². The second kappa shape index (κ2) is 3.68. The number of rotatable bonds is 1. The first kappa shape index (κ1) is 9.88. The largest absolute Gasteiger partial charge is 0.389 e. The third kappa shape index (κ3) is 1.60. The second-order valence-corrected chi connectivity index (χ2v) is 3.17. The Balaban J connectivity index is 2.63. The lowest BCUT2D eigenvalue weighted by molar-refractivity contribution is -0.169. The highest BCUT2D eigenvalue weighted by Gasteiger charge is 2.39. The van der Waals surface area contributed by atoms with Crippen molar-refractivity contribution in [1.29, 1.82) is 0 Å². The summed E-state index contributed by atoms with van der Waals surface area (Å²) in [6.07, 6.45) is -2.68. The predicted molar refractivity (Wildman–Crippen MR) is 43.4 cm³/mol. The number of aliphatic hydroxyl groups excluding tert-OH is 2. The van der Waals surface area contributed by atoms with Crippen LogP contribution < -0.4 is 11.5 Å². The fraction of sp³-hybridized carbons (Fsp3) is 1.00. The molecule has 3 unspecified atom stereocenters. The molecule has 72 valence electrons. The molecule has 12 heavy (non-hydrogen) atoms. The zero-order chi connectivity index (χ0) is 9.30. The van der Waals surface area contributed by atoms with Gasteiger partial charge in [-0.1, -0.05) is 0 Å². The van der Waals surface area contributed by atoms with Crippen molar-refractivity contribution >= 4 is 0 Å². The van der Waals surface area contributed by atoms with Crippen LogP contribution in [0.1, 0.15) is 6.92 Å². The van der Waals surface area contributed by atoms with Gasteiger partial charge in [-0.25, -0.2) is 0 Å². The molecule has 0 aliphatic carbocycles. The highest BCUT2D eigenvalue weighted by molar-refractivity contribution is 4.93. The van der Waals surface area contributed by atoms with E-state index in [9.17, 15) is 10.2 Å². The molecule has 0 radical (unpaired) electrons. The number of nitrogens with two attached hydrogens (primary N) is 2. The molecule has 0 aromatic heterocycles. The van der Waals surface area contributed by atoms with Crippen molar-refractivity contribution in [3.8, 4) is 0 Å². The molecule has 5 heteroatoms. The van der Waals surface area contributed by atoms with Crippen molar-refractivity contribution < 1.29 is 14.9 Å². The molecule has 1 rings (SSSR count). The van der Waals surface area contributed by atoms with Gasteiger partial charge in [-0.3, -0.25) is 0 Å². The molecule has 0 aromatic carbocycles. The highest BCUT2D eigenvalue weighted by Crippen LogP contribution is 2.18. The zero-order valence-electron chi connectivity index (χ0n) is 7.05. The first-order chi connectivity index (χ1) is 5.57. The van der Waals surface area contributed by atoms with Gasteiger partial charge in [0.1, 0.15) is 12.2 Å². The molecule has 0 saturated carbocycles. The van der Waals surface area contributed by atoms with Gasteiger partial charge in [-0.2, -0.15) is 0 Å². The van der Waals surface area contributed by atoms with E-state index in [0.717, 1.165) is 0 Å². The first-order valence-electron chi connectivity index (χ1n) is 4.05. The SMILES string of the molecule is CC1O[C@H](CN)C(O)[C@H](O)C1N. The Morgan fingerprint density at radius 1 is 1.33 bits per heavy atom. The van der Waals surface area contributed by atoms with Gasteiger partial charge in [-0.05, 0) is 6.92 Å². The molecule has 0 bridgehead atoms. The summed E-state index contributed by atoms with van der Waals surface area (Å²) in [7, 11) is 0. The van der Waals surface area contributed by atoms with Crippen molar-refractivity contribution in [3.63, 3.8) is 0 Å². The number of hydrogen-bond donors (Lipinski definition) is 4. The maximum Gasteiger partial charge on any atom is 0.109 e. The van der Waals surface area contributed by atoms with Crippen LogP contribution in [0, 0.1) is 0 Å². The minimum Gasteiger partial charge on any atom is -0.389 e. The fourth-order valence-corrected chi connectivity index (χ4v) is 1.37. The smallest absolute Gasteiger partial charge is 0.109 e. The quantitative estimate of drug-likeness (QED) is 0.362. The Labute approximate surface area is 71.3 Å². The third-order valence-electron chi connectivity index (χ3n) is 2.29. The van der Waals surface area contributed by atoms with Crippen molar-refractivity contribution in [1.82, 2.24) is 0 Å². The Kier molecular flexibility index (Phi) is 3.03. The molecule has 5 nitrogen and oxygen atoms in total. The predicted octanol–water partition coefficient (Wildman–Crippen LogP) is -2.22. The van der Waals surface area contributed by atoms with Crippen LogP contribution in [0.25, 0.3) is 0 Å². The van der Waals surface area contributed by atoms with Gasteiger partial charge in [0.2, 0.25) is 0 Å². The van der Waals surface area contributed by atoms with Crippen LogP contribution in [0.3, 0.4) is 0 Å². The second-order valence-electron chi connectivity index (χ2n) is 3.17. The number of hydrogen-bond acceptors (Lipinski definition) is 5. The van der Waals surface area contributed by atoms with Crippen LogP contribution in [0.15, 0.2) is 0 Å². The molecular weight excluding hydrogens is 160 g/mol. The molecule has 1 saturated heterocycles. The lowest BCUT2D eigenvalue weighted by Gasteiger charge is -2.39. The monoisotopic (exact) mass is 176 g/mol. The topological polar surface area (TPSA) is 102 Å². The molecule has 6 N–H and O–H groups in total. The maximum atomic E-state index is 9.41. The zero-order valence-corrected chi connectivity index (χ0v) is 7.05. The molecule has 0 amide bonds. The maximum absolute atomic E-state index is 9.41. The summed E-state index contributed by atoms with van der Waals surface area (Å²) in [5.74, 6) is 0. The Morgan fingerprint density at radius 2 is 1.92 bits per heavy atom. The van der Waals surface area contributed by atoms with E-state index in [2.05, 4.69) is 0 Å². The molecular formula is C7H16N2O3. The van der Waals surface area contributed by atoms with E-state index in [1.54, 1.807) is 6.92 Å². The van der Waals surface area contributed by atoms with E-state index < -0.39 is 24.4 Å². The van der Waals surface area contributed by atoms with E-state index in [1.165, 1.54) is 0 Å². The lowest BCUT2D eigenvalue weighted by atomic mass is 9.94. The van der Waals surface area contributed by atoms with Crippen LogP contribution >= 0.6 is 0 Å². The lowest BCUT2D eigenvalue weighted by Crippen LogP contribution is -2.61. The van der Waals surface area contributed by atoms with E-state index in [0.29, 0.717) is 0 Å². The van der Waals surface area contributed by atoms with E-state index in [4.69, 9.17) is 16.2 Å². The molecule has 1 fully saturated rings. The van der Waals surface area contributed by atoms with Crippen molar-refractivity contribution in [3.05, 3.63) is 0 Å². The van der Waals surface area contributed by atoms with Gasteiger partial charge in [0.25, 0.3) is 0 Å². The Morgan fingerprint density at radius 3 is 2.42 bits per heavy atom. The normalized spacial score (nSPS) is 49.2. The van der Waals surface area contributed by atoms with Crippen molar-refractivity contribution in [2.24, 2.45) is 11.5 Å². The number of ether oxygens (including phenoxy) is 1. The summed E-state index contributed by atoms with van der Waals surface area (Å²) < 4.78 is 5.27. The Hall–Kier alpha value is -0.200. The van der Waals surface area contributed by atoms with Crippen molar-refractivity contribution in [2.45, 2.75) is 37.4 Å². The molecule has 0 aromatic rings. The first-order valence-corrected chi connectivity index (χ1v) is 4.05. The molecule has 1 aliphatic heterocycles. The van der Waals surface area contributed by atoms with Gasteiger partial charge in [0.15, 0.2) is 0 Å². The van der Waals surface area contributed by atoms with E-state index in [1.807, 2.05) is 0 Å². The standard InChI is InChI=1S/C7H16N2O3/c1-3-5(9)7(11)6(10)4(2-8)12-3/h3-7,10-11H,2,8-9H2,1H3/t3?,4-,5?,6?,7-/m1/s1. The van der Waals surface area contributed by atoms with Crippen LogP contribution in [0.4, 0.5) is 0 Å². The molecule has 0 spiro atoms. The minimum atomic E-state index is -0.971. The van der Waals surface area contributed by atoms with Crippen LogP contribution in [0.2, 0.25) is 0 Å². The van der Waals surface area contributed by atoms with Crippen LogP contribution in [0.5, 0.6) is 0 Å². The summed E-state index contributed by atoms with van der Waals surface area (Å²) >= 11 is 0. The average Bonchev–Trinajstić information content (AvgIpc) is 2.08. The van der Waals surface area contributed by atoms with Crippen LogP contribution in [-0.4, -0.2) is 47.2 Å². The highest BCUT2D eigenvalue weighted by atomic mass is 16.5. The Bertz CT molecular complexity index is 151. The van der Waals surface area contributed by atoms with Crippen molar-refractivity contribution in [2.75, 3.05) is 6.54 Å². The third-order valence-corrected chi connectivity index (χ3v) is 2.29. The summed E-state index contributed by atoms with van der Waals surface area (Å²) in [4.78, 5) is 0. The summed E-state index contributed by atoms with van der Waals surface area (Å²) in [5.41, 5.74) is 10.9. The minimum absolute atomic E-state index is 0.190. The van der Waals surface area contributed by atoms with Gasteiger partial charge < -0.3 is 26.4 Å². The van der Waals surface area contributed by atoms with Gasteiger partial charge >= 0.3 is 0 Å². The summed E-state index contributed by atoms with van der Waals surface area (Å²) in [6.45, 7) is 1.94.